The Labute approximate surface area is 163 Å². The molecular formula is C20H16F2N2O3S. The number of nitrogens with zero attached hydrogens (tertiary/aromatic N) is 1. The lowest BCUT2D eigenvalue weighted by molar-refractivity contribution is -0.141. The molecule has 5 nitrogen and oxygen atoms in total. The van der Waals surface area contributed by atoms with E-state index in [0.717, 1.165) is 0 Å². The van der Waals surface area contributed by atoms with Crippen molar-refractivity contribution in [3.63, 3.8) is 0 Å². The third-order valence-electron chi connectivity index (χ3n) is 3.95. The third-order valence-corrected chi connectivity index (χ3v) is 4.89. The average Bonchev–Trinajstić information content (AvgIpc) is 3.11. The van der Waals surface area contributed by atoms with Gasteiger partial charge in [0, 0.05) is 17.4 Å². The molecule has 0 spiro atoms. The van der Waals surface area contributed by atoms with E-state index in [0.29, 0.717) is 21.8 Å². The van der Waals surface area contributed by atoms with Crippen LogP contribution in [0.25, 0.3) is 10.6 Å². The molecule has 1 amide bonds. The van der Waals surface area contributed by atoms with Crippen molar-refractivity contribution < 1.29 is 23.5 Å². The first-order chi connectivity index (χ1) is 13.4. The van der Waals surface area contributed by atoms with Crippen molar-refractivity contribution in [3.8, 4) is 10.6 Å². The molecule has 144 valence electrons. The van der Waals surface area contributed by atoms with Gasteiger partial charge in [0.2, 0.25) is 5.91 Å². The van der Waals surface area contributed by atoms with Crippen LogP contribution in [0.1, 0.15) is 11.3 Å². The van der Waals surface area contributed by atoms with Crippen molar-refractivity contribution in [1.82, 2.24) is 10.3 Å². The molecule has 3 aromatic rings. The van der Waals surface area contributed by atoms with E-state index in [9.17, 15) is 23.5 Å². The summed E-state index contributed by atoms with van der Waals surface area (Å²) in [7, 11) is 0. The van der Waals surface area contributed by atoms with Gasteiger partial charge in [-0.05, 0) is 29.8 Å². The van der Waals surface area contributed by atoms with Crippen molar-refractivity contribution in [1.29, 1.82) is 0 Å². The van der Waals surface area contributed by atoms with Crippen LogP contribution in [0.5, 0.6) is 0 Å². The minimum atomic E-state index is -1.18. The summed E-state index contributed by atoms with van der Waals surface area (Å²) >= 11 is 1.27. The molecule has 1 unspecified atom stereocenters. The number of nitrogens with one attached hydrogen (secondary N) is 1. The number of carbonyl (C=O) groups is 2. The second-order valence-electron chi connectivity index (χ2n) is 6.12. The summed E-state index contributed by atoms with van der Waals surface area (Å²) in [5.41, 5.74) is 1.67. The zero-order chi connectivity index (χ0) is 20.1. The zero-order valence-electron chi connectivity index (χ0n) is 14.6. The Balaban J connectivity index is 1.63. The molecule has 0 radical (unpaired) electrons. The number of carbonyl (C=O) groups excluding carboxylic acids is 1. The van der Waals surface area contributed by atoms with E-state index >= 15 is 0 Å². The number of amides is 1. The van der Waals surface area contributed by atoms with Gasteiger partial charge in [-0.15, -0.1) is 11.3 Å². The van der Waals surface area contributed by atoms with Gasteiger partial charge in [-0.3, -0.25) is 4.79 Å². The second-order valence-corrected chi connectivity index (χ2v) is 6.98. The van der Waals surface area contributed by atoms with E-state index in [1.54, 1.807) is 17.5 Å². The lowest BCUT2D eigenvalue weighted by atomic mass is 10.1. The van der Waals surface area contributed by atoms with Crippen LogP contribution in [-0.4, -0.2) is 28.0 Å². The summed E-state index contributed by atoms with van der Waals surface area (Å²) in [4.78, 5) is 28.0. The first-order valence-corrected chi connectivity index (χ1v) is 9.25. The average molecular weight is 402 g/mol. The fourth-order valence-electron chi connectivity index (χ4n) is 2.61. The summed E-state index contributed by atoms with van der Waals surface area (Å²) in [5.74, 6) is -2.48. The van der Waals surface area contributed by atoms with Crippen molar-refractivity contribution >= 4 is 23.2 Å². The van der Waals surface area contributed by atoms with Crippen LogP contribution in [0.4, 0.5) is 8.78 Å². The van der Waals surface area contributed by atoms with Crippen molar-refractivity contribution in [2.24, 2.45) is 0 Å². The number of thiazole rings is 1. The molecule has 2 N–H and O–H groups in total. The predicted octanol–water partition coefficient (Wildman–Crippen LogP) is 3.44. The minimum Gasteiger partial charge on any atom is -0.480 e. The third kappa shape index (κ3) is 5.20. The van der Waals surface area contributed by atoms with Crippen LogP contribution in [0.15, 0.2) is 53.9 Å². The molecule has 0 fully saturated rings. The van der Waals surface area contributed by atoms with E-state index in [-0.39, 0.29) is 18.7 Å². The molecule has 0 bridgehead atoms. The van der Waals surface area contributed by atoms with Crippen molar-refractivity contribution in [2.75, 3.05) is 0 Å². The molecule has 1 atom stereocenters. The molecule has 8 heteroatoms. The second kappa shape index (κ2) is 8.71. The number of hydrogen-bond donors (Lipinski definition) is 2. The normalized spacial score (nSPS) is 11.8. The molecular weight excluding hydrogens is 386 g/mol. The van der Waals surface area contributed by atoms with Crippen LogP contribution in [-0.2, 0) is 22.4 Å². The van der Waals surface area contributed by atoms with Gasteiger partial charge in [0.05, 0.1) is 12.1 Å². The summed E-state index contributed by atoms with van der Waals surface area (Å²) in [6.07, 6.45) is -0.0635. The van der Waals surface area contributed by atoms with E-state index in [2.05, 4.69) is 10.3 Å². The lowest BCUT2D eigenvalue weighted by Crippen LogP contribution is -2.43. The standard InChI is InChI=1S/C20H16F2N2O3S/c21-14-6-4-12(5-7-14)8-17(20(26)27)24-18(25)10-16-11-28-19(23-16)13-2-1-3-15(22)9-13/h1-7,9,11,17H,8,10H2,(H,24,25)(H,26,27). The molecule has 2 aromatic carbocycles. The fourth-order valence-corrected chi connectivity index (χ4v) is 3.43. The highest BCUT2D eigenvalue weighted by Crippen LogP contribution is 2.24. The molecule has 28 heavy (non-hydrogen) atoms. The smallest absolute Gasteiger partial charge is 0.326 e. The number of rotatable bonds is 7. The Hall–Kier alpha value is -3.13. The highest BCUT2D eigenvalue weighted by atomic mass is 32.1. The van der Waals surface area contributed by atoms with E-state index in [1.807, 2.05) is 0 Å². The van der Waals surface area contributed by atoms with E-state index in [1.165, 1.54) is 47.7 Å². The van der Waals surface area contributed by atoms with Gasteiger partial charge >= 0.3 is 5.97 Å². The highest BCUT2D eigenvalue weighted by molar-refractivity contribution is 7.13. The van der Waals surface area contributed by atoms with Gasteiger partial charge in [0.25, 0.3) is 0 Å². The Morgan fingerprint density at radius 3 is 2.54 bits per heavy atom. The number of halogens is 2. The lowest BCUT2D eigenvalue weighted by Gasteiger charge is -2.14. The number of hydrogen-bond acceptors (Lipinski definition) is 4. The van der Waals surface area contributed by atoms with Gasteiger partial charge < -0.3 is 10.4 Å². The number of carboxylic acids is 1. The number of aromatic nitrogens is 1. The summed E-state index contributed by atoms with van der Waals surface area (Å²) < 4.78 is 26.3. The first-order valence-electron chi connectivity index (χ1n) is 8.37. The van der Waals surface area contributed by atoms with Crippen molar-refractivity contribution in [3.05, 3.63) is 76.8 Å². The van der Waals surface area contributed by atoms with E-state index in [4.69, 9.17) is 0 Å². The first kappa shape index (κ1) is 19.6. The zero-order valence-corrected chi connectivity index (χ0v) is 15.4. The summed E-state index contributed by atoms with van der Waals surface area (Å²) in [6, 6.07) is 10.3. The molecule has 1 aromatic heterocycles. The quantitative estimate of drug-likeness (QED) is 0.635. The molecule has 0 saturated heterocycles. The van der Waals surface area contributed by atoms with Crippen LogP contribution in [0.3, 0.4) is 0 Å². The Kier molecular flexibility index (Phi) is 6.10. The maximum atomic E-state index is 13.3. The topological polar surface area (TPSA) is 79.3 Å². The van der Waals surface area contributed by atoms with Crippen LogP contribution in [0, 0.1) is 11.6 Å². The molecule has 0 aliphatic rings. The molecule has 0 aliphatic carbocycles. The SMILES string of the molecule is O=C(Cc1csc(-c2cccc(F)c2)n1)NC(Cc1ccc(F)cc1)C(=O)O. The number of carboxylic acid groups (broad SMARTS) is 1. The molecule has 0 aliphatic heterocycles. The van der Waals surface area contributed by atoms with Gasteiger partial charge in [-0.1, -0.05) is 24.3 Å². The Morgan fingerprint density at radius 1 is 1.11 bits per heavy atom. The fraction of sp³-hybridized carbons (Fsp3) is 0.150. The maximum Gasteiger partial charge on any atom is 0.326 e. The van der Waals surface area contributed by atoms with Gasteiger partial charge in [0.15, 0.2) is 0 Å². The number of aliphatic carboxylic acids is 1. The molecule has 1 heterocycles. The van der Waals surface area contributed by atoms with Crippen LogP contribution in [0.2, 0.25) is 0 Å². The maximum absolute atomic E-state index is 13.3. The molecule has 0 saturated carbocycles. The van der Waals surface area contributed by atoms with Gasteiger partial charge in [-0.25, -0.2) is 18.6 Å². The van der Waals surface area contributed by atoms with Gasteiger partial charge in [-0.2, -0.15) is 0 Å². The largest absolute Gasteiger partial charge is 0.480 e. The van der Waals surface area contributed by atoms with Crippen molar-refractivity contribution in [2.45, 2.75) is 18.9 Å². The summed E-state index contributed by atoms with van der Waals surface area (Å²) in [6.45, 7) is 0. The molecule has 3 rings (SSSR count). The Bertz CT molecular complexity index is 989. The van der Waals surface area contributed by atoms with Crippen LogP contribution >= 0.6 is 11.3 Å². The van der Waals surface area contributed by atoms with Crippen LogP contribution < -0.4 is 5.32 Å². The summed E-state index contributed by atoms with van der Waals surface area (Å²) in [5, 5.41) is 14.1. The minimum absolute atomic E-state index is 0.0347. The van der Waals surface area contributed by atoms with E-state index < -0.39 is 23.7 Å². The number of benzene rings is 2. The predicted molar refractivity (Wildman–Crippen MR) is 101 cm³/mol. The monoisotopic (exact) mass is 402 g/mol. The van der Waals surface area contributed by atoms with Gasteiger partial charge in [0.1, 0.15) is 22.7 Å². The Morgan fingerprint density at radius 2 is 1.86 bits per heavy atom. The highest BCUT2D eigenvalue weighted by Gasteiger charge is 2.21.